The maximum Gasteiger partial charge on any atom is 0.172 e. The maximum absolute atomic E-state index is 11.6. The van der Waals surface area contributed by atoms with Gasteiger partial charge in [0, 0.05) is 19.7 Å². The molecule has 3 heteroatoms. The molecule has 0 aromatic carbocycles. The van der Waals surface area contributed by atoms with Crippen molar-refractivity contribution < 1.29 is 9.53 Å². The van der Waals surface area contributed by atoms with Crippen LogP contribution >= 0.6 is 0 Å². The molecule has 0 atom stereocenters. The van der Waals surface area contributed by atoms with Crippen LogP contribution in [0.2, 0.25) is 0 Å². The SMILES string of the molecule is CCC(CC)N(CC(=O)COC)CC(C)C. The molecule has 0 aromatic rings. The van der Waals surface area contributed by atoms with Crippen molar-refractivity contribution in [3.8, 4) is 0 Å². The molecule has 16 heavy (non-hydrogen) atoms. The summed E-state index contributed by atoms with van der Waals surface area (Å²) in [6.45, 7) is 10.5. The molecule has 0 unspecified atom stereocenters. The first-order valence-electron chi connectivity index (χ1n) is 6.29. The number of nitrogens with zero attached hydrogens (tertiary/aromatic N) is 1. The van der Waals surface area contributed by atoms with Crippen LogP contribution in [0.5, 0.6) is 0 Å². The molecule has 0 radical (unpaired) electrons. The van der Waals surface area contributed by atoms with Gasteiger partial charge in [0.15, 0.2) is 5.78 Å². The van der Waals surface area contributed by atoms with E-state index in [0.717, 1.165) is 19.4 Å². The molecular weight excluding hydrogens is 202 g/mol. The highest BCUT2D eigenvalue weighted by Gasteiger charge is 2.18. The molecule has 0 saturated heterocycles. The van der Waals surface area contributed by atoms with E-state index in [-0.39, 0.29) is 12.4 Å². The molecule has 0 aliphatic carbocycles. The first kappa shape index (κ1) is 15.6. The van der Waals surface area contributed by atoms with Gasteiger partial charge in [-0.25, -0.2) is 0 Å². The van der Waals surface area contributed by atoms with E-state index in [1.807, 2.05) is 0 Å². The van der Waals surface area contributed by atoms with Crippen LogP contribution in [0.15, 0.2) is 0 Å². The molecule has 0 fully saturated rings. The topological polar surface area (TPSA) is 29.5 Å². The van der Waals surface area contributed by atoms with Crippen LogP contribution < -0.4 is 0 Å². The second-order valence-electron chi connectivity index (χ2n) is 4.77. The van der Waals surface area contributed by atoms with E-state index in [4.69, 9.17) is 4.74 Å². The Balaban J connectivity index is 4.34. The van der Waals surface area contributed by atoms with Crippen molar-refractivity contribution >= 4 is 5.78 Å². The Morgan fingerprint density at radius 2 is 1.81 bits per heavy atom. The number of methoxy groups -OCH3 is 1. The number of hydrogen-bond acceptors (Lipinski definition) is 3. The third-order valence-electron chi connectivity index (χ3n) is 2.74. The fraction of sp³-hybridized carbons (Fsp3) is 0.923. The highest BCUT2D eigenvalue weighted by atomic mass is 16.5. The first-order valence-corrected chi connectivity index (χ1v) is 6.29. The van der Waals surface area contributed by atoms with Crippen LogP contribution in [0, 0.1) is 5.92 Å². The number of rotatable bonds is 9. The van der Waals surface area contributed by atoms with Gasteiger partial charge in [0.25, 0.3) is 0 Å². The summed E-state index contributed by atoms with van der Waals surface area (Å²) < 4.78 is 4.88. The minimum Gasteiger partial charge on any atom is -0.377 e. The molecule has 0 rings (SSSR count). The Morgan fingerprint density at radius 1 is 1.25 bits per heavy atom. The molecule has 0 aromatic heterocycles. The largest absolute Gasteiger partial charge is 0.377 e. The van der Waals surface area contributed by atoms with E-state index >= 15 is 0 Å². The summed E-state index contributed by atoms with van der Waals surface area (Å²) in [4.78, 5) is 13.9. The maximum atomic E-state index is 11.6. The Hall–Kier alpha value is -0.410. The molecular formula is C13H27NO2. The van der Waals surface area contributed by atoms with Gasteiger partial charge in [0.1, 0.15) is 6.61 Å². The van der Waals surface area contributed by atoms with Gasteiger partial charge in [-0.1, -0.05) is 27.7 Å². The molecule has 3 nitrogen and oxygen atoms in total. The molecule has 0 amide bonds. The molecule has 0 N–H and O–H groups in total. The molecule has 0 heterocycles. The van der Waals surface area contributed by atoms with Crippen LogP contribution in [0.1, 0.15) is 40.5 Å². The van der Waals surface area contributed by atoms with E-state index < -0.39 is 0 Å². The summed E-state index contributed by atoms with van der Waals surface area (Å²) in [5.74, 6) is 0.769. The van der Waals surface area contributed by atoms with Gasteiger partial charge in [-0.2, -0.15) is 0 Å². The van der Waals surface area contributed by atoms with Crippen LogP contribution in [0.25, 0.3) is 0 Å². The third kappa shape index (κ3) is 6.23. The zero-order valence-electron chi connectivity index (χ0n) is 11.5. The quantitative estimate of drug-likeness (QED) is 0.608. The minimum absolute atomic E-state index is 0.176. The predicted molar refractivity (Wildman–Crippen MR) is 67.7 cm³/mol. The monoisotopic (exact) mass is 229 g/mol. The third-order valence-corrected chi connectivity index (χ3v) is 2.74. The summed E-state index contributed by atoms with van der Waals surface area (Å²) >= 11 is 0. The van der Waals surface area contributed by atoms with Gasteiger partial charge in [0.2, 0.25) is 0 Å². The first-order chi connectivity index (χ1) is 7.54. The van der Waals surface area contributed by atoms with Crippen molar-refractivity contribution in [2.45, 2.75) is 46.6 Å². The van der Waals surface area contributed by atoms with E-state index in [0.29, 0.717) is 18.5 Å². The number of ketones is 1. The van der Waals surface area contributed by atoms with Gasteiger partial charge in [0.05, 0.1) is 6.54 Å². The lowest BCUT2D eigenvalue weighted by Crippen LogP contribution is -2.41. The summed E-state index contributed by atoms with van der Waals surface area (Å²) in [6.07, 6.45) is 2.20. The summed E-state index contributed by atoms with van der Waals surface area (Å²) in [5.41, 5.74) is 0. The predicted octanol–water partition coefficient (Wildman–Crippen LogP) is 2.35. The number of carbonyl (C=O) groups excluding carboxylic acids is 1. The van der Waals surface area contributed by atoms with Gasteiger partial charge < -0.3 is 4.74 Å². The molecule has 0 spiro atoms. The van der Waals surface area contributed by atoms with Crippen molar-refractivity contribution in [1.29, 1.82) is 0 Å². The second kappa shape index (κ2) is 8.71. The standard InChI is InChI=1S/C13H27NO2/c1-6-12(7-2)14(8-11(3)4)9-13(15)10-16-5/h11-12H,6-10H2,1-5H3. The molecule has 0 aliphatic rings. The van der Waals surface area contributed by atoms with Crippen molar-refractivity contribution in [3.63, 3.8) is 0 Å². The van der Waals surface area contributed by atoms with Crippen molar-refractivity contribution in [1.82, 2.24) is 4.90 Å². The molecule has 96 valence electrons. The van der Waals surface area contributed by atoms with Crippen molar-refractivity contribution in [2.24, 2.45) is 5.92 Å². The zero-order chi connectivity index (χ0) is 12.6. The average molecular weight is 229 g/mol. The van der Waals surface area contributed by atoms with E-state index in [9.17, 15) is 4.79 Å². The molecule has 0 saturated carbocycles. The Bertz CT molecular complexity index is 188. The Morgan fingerprint density at radius 3 is 2.19 bits per heavy atom. The lowest BCUT2D eigenvalue weighted by Gasteiger charge is -2.31. The van der Waals surface area contributed by atoms with Crippen LogP contribution in [-0.4, -0.2) is 43.5 Å². The van der Waals surface area contributed by atoms with Crippen LogP contribution in [-0.2, 0) is 9.53 Å². The smallest absolute Gasteiger partial charge is 0.172 e. The number of Topliss-reactive ketones (excluding diaryl/α,β-unsaturated/α-hetero) is 1. The van der Waals surface area contributed by atoms with Gasteiger partial charge in [-0.15, -0.1) is 0 Å². The van der Waals surface area contributed by atoms with Gasteiger partial charge in [-0.3, -0.25) is 9.69 Å². The summed E-state index contributed by atoms with van der Waals surface area (Å²) in [7, 11) is 1.57. The van der Waals surface area contributed by atoms with Gasteiger partial charge in [-0.05, 0) is 18.8 Å². The minimum atomic E-state index is 0.176. The van der Waals surface area contributed by atoms with Crippen molar-refractivity contribution in [2.75, 3.05) is 26.8 Å². The number of ether oxygens (including phenoxy) is 1. The van der Waals surface area contributed by atoms with E-state index in [1.165, 1.54) is 0 Å². The Kier molecular flexibility index (Phi) is 8.49. The molecule has 0 aliphatic heterocycles. The molecule has 0 bridgehead atoms. The highest BCUT2D eigenvalue weighted by Crippen LogP contribution is 2.11. The number of hydrogen-bond donors (Lipinski definition) is 0. The van der Waals surface area contributed by atoms with Crippen molar-refractivity contribution in [3.05, 3.63) is 0 Å². The second-order valence-corrected chi connectivity index (χ2v) is 4.77. The normalized spacial score (nSPS) is 11.8. The highest BCUT2D eigenvalue weighted by molar-refractivity contribution is 5.81. The lowest BCUT2D eigenvalue weighted by atomic mass is 10.1. The Labute approximate surface area is 100 Å². The number of carbonyl (C=O) groups is 1. The van der Waals surface area contributed by atoms with E-state index in [2.05, 4.69) is 32.6 Å². The summed E-state index contributed by atoms with van der Waals surface area (Å²) in [5, 5.41) is 0. The summed E-state index contributed by atoms with van der Waals surface area (Å²) in [6, 6.07) is 0.517. The lowest BCUT2D eigenvalue weighted by molar-refractivity contribution is -0.124. The fourth-order valence-corrected chi connectivity index (χ4v) is 2.05. The van der Waals surface area contributed by atoms with Crippen LogP contribution in [0.3, 0.4) is 0 Å². The fourth-order valence-electron chi connectivity index (χ4n) is 2.05. The average Bonchev–Trinajstić information content (AvgIpc) is 2.18. The zero-order valence-corrected chi connectivity index (χ0v) is 11.5. The van der Waals surface area contributed by atoms with E-state index in [1.54, 1.807) is 7.11 Å². The van der Waals surface area contributed by atoms with Gasteiger partial charge >= 0.3 is 0 Å². The van der Waals surface area contributed by atoms with Crippen LogP contribution in [0.4, 0.5) is 0 Å².